The number of anilines is 1. The van der Waals surface area contributed by atoms with Crippen LogP contribution in [0.3, 0.4) is 0 Å². The zero-order valence-corrected chi connectivity index (χ0v) is 12.0. The molecule has 0 aromatic carbocycles. The summed E-state index contributed by atoms with van der Waals surface area (Å²) in [6.45, 7) is 5.79. The second-order valence-electron chi connectivity index (χ2n) is 5.12. The summed E-state index contributed by atoms with van der Waals surface area (Å²) in [5, 5.41) is 12.3. The maximum absolute atomic E-state index is 12.0. The SMILES string of the molecule is CC(O)CNc1nc2c(c(=O)[nH]c(=O)n2C)n1C(C)C. The molecule has 0 saturated carbocycles. The van der Waals surface area contributed by atoms with Crippen LogP contribution >= 0.6 is 0 Å². The summed E-state index contributed by atoms with van der Waals surface area (Å²) in [6, 6.07) is -0.0184. The lowest BCUT2D eigenvalue weighted by Crippen LogP contribution is -2.29. The van der Waals surface area contributed by atoms with Crippen molar-refractivity contribution in [1.29, 1.82) is 0 Å². The Labute approximate surface area is 115 Å². The fraction of sp³-hybridized carbons (Fsp3) is 0.583. The zero-order valence-electron chi connectivity index (χ0n) is 12.0. The standard InChI is InChI=1S/C12H19N5O3/c1-6(2)17-8-9(14-11(17)13-5-7(3)18)16(4)12(20)15-10(8)19/h6-7,18H,5H2,1-4H3,(H,13,14)(H,15,19,20). The molecule has 8 heteroatoms. The van der Waals surface area contributed by atoms with Gasteiger partial charge in [-0.2, -0.15) is 4.98 Å². The number of aryl methyl sites for hydroxylation is 1. The Morgan fingerprint density at radius 3 is 2.55 bits per heavy atom. The van der Waals surface area contributed by atoms with E-state index < -0.39 is 17.4 Å². The van der Waals surface area contributed by atoms with Crippen LogP contribution in [0.2, 0.25) is 0 Å². The van der Waals surface area contributed by atoms with Crippen molar-refractivity contribution >= 4 is 17.1 Å². The van der Waals surface area contributed by atoms with Gasteiger partial charge in [0.25, 0.3) is 5.56 Å². The second-order valence-corrected chi connectivity index (χ2v) is 5.12. The fourth-order valence-electron chi connectivity index (χ4n) is 2.07. The molecule has 0 fully saturated rings. The fourth-order valence-corrected chi connectivity index (χ4v) is 2.07. The van der Waals surface area contributed by atoms with E-state index in [1.165, 1.54) is 4.57 Å². The van der Waals surface area contributed by atoms with Crippen LogP contribution in [0, 0.1) is 0 Å². The lowest BCUT2D eigenvalue weighted by atomic mass is 10.3. The largest absolute Gasteiger partial charge is 0.392 e. The highest BCUT2D eigenvalue weighted by atomic mass is 16.3. The van der Waals surface area contributed by atoms with Crippen LogP contribution in [0.15, 0.2) is 9.59 Å². The van der Waals surface area contributed by atoms with E-state index >= 15 is 0 Å². The summed E-state index contributed by atoms with van der Waals surface area (Å²) < 4.78 is 3.01. The number of aromatic nitrogens is 4. The van der Waals surface area contributed by atoms with E-state index in [0.717, 1.165) is 0 Å². The minimum absolute atomic E-state index is 0.0184. The first-order valence-electron chi connectivity index (χ1n) is 6.46. The Morgan fingerprint density at radius 2 is 2.00 bits per heavy atom. The van der Waals surface area contributed by atoms with Crippen LogP contribution in [0.4, 0.5) is 5.95 Å². The van der Waals surface area contributed by atoms with E-state index in [1.807, 2.05) is 13.8 Å². The number of H-pyrrole nitrogens is 1. The quantitative estimate of drug-likeness (QED) is 0.719. The molecular formula is C12H19N5O3. The monoisotopic (exact) mass is 281 g/mol. The Kier molecular flexibility index (Phi) is 3.67. The van der Waals surface area contributed by atoms with Gasteiger partial charge in [-0.3, -0.25) is 14.3 Å². The summed E-state index contributed by atoms with van der Waals surface area (Å²) in [4.78, 5) is 30.2. The van der Waals surface area contributed by atoms with Gasteiger partial charge >= 0.3 is 5.69 Å². The molecule has 110 valence electrons. The van der Waals surface area contributed by atoms with Gasteiger partial charge in [-0.1, -0.05) is 0 Å². The van der Waals surface area contributed by atoms with E-state index in [4.69, 9.17) is 0 Å². The molecule has 8 nitrogen and oxygen atoms in total. The van der Waals surface area contributed by atoms with Gasteiger partial charge in [-0.15, -0.1) is 0 Å². The number of aliphatic hydroxyl groups is 1. The normalized spacial score (nSPS) is 13.1. The van der Waals surface area contributed by atoms with Gasteiger partial charge in [-0.05, 0) is 20.8 Å². The summed E-state index contributed by atoms with van der Waals surface area (Å²) in [6.07, 6.45) is -0.544. The number of nitrogens with zero attached hydrogens (tertiary/aromatic N) is 3. The average molecular weight is 281 g/mol. The summed E-state index contributed by atoms with van der Waals surface area (Å²) >= 11 is 0. The van der Waals surface area contributed by atoms with Crippen LogP contribution < -0.4 is 16.6 Å². The molecule has 0 aliphatic rings. The van der Waals surface area contributed by atoms with Gasteiger partial charge in [0.2, 0.25) is 5.95 Å². The Balaban J connectivity index is 2.73. The molecular weight excluding hydrogens is 262 g/mol. The van der Waals surface area contributed by atoms with Crippen LogP contribution in [-0.2, 0) is 7.05 Å². The van der Waals surface area contributed by atoms with Crippen LogP contribution in [-0.4, -0.2) is 36.9 Å². The van der Waals surface area contributed by atoms with Crippen molar-refractivity contribution in [3.8, 4) is 0 Å². The summed E-state index contributed by atoms with van der Waals surface area (Å²) in [5.41, 5.74) is -0.303. The van der Waals surface area contributed by atoms with Crippen molar-refractivity contribution in [1.82, 2.24) is 19.1 Å². The molecule has 2 heterocycles. The molecule has 3 N–H and O–H groups in total. The Bertz CT molecular complexity index is 738. The summed E-state index contributed by atoms with van der Waals surface area (Å²) in [5.74, 6) is 0.461. The number of nitrogens with one attached hydrogen (secondary N) is 2. The number of aromatic amines is 1. The van der Waals surface area contributed by atoms with Crippen LogP contribution in [0.25, 0.3) is 11.2 Å². The van der Waals surface area contributed by atoms with Gasteiger partial charge in [0.15, 0.2) is 11.2 Å². The van der Waals surface area contributed by atoms with E-state index in [1.54, 1.807) is 18.5 Å². The molecule has 20 heavy (non-hydrogen) atoms. The minimum atomic E-state index is -0.544. The van der Waals surface area contributed by atoms with Gasteiger partial charge in [0.1, 0.15) is 0 Å². The number of hydrogen-bond acceptors (Lipinski definition) is 5. The third-order valence-electron chi connectivity index (χ3n) is 3.02. The smallest absolute Gasteiger partial charge is 0.329 e. The van der Waals surface area contributed by atoms with Crippen molar-refractivity contribution in [2.45, 2.75) is 32.9 Å². The number of hydrogen-bond donors (Lipinski definition) is 3. The van der Waals surface area contributed by atoms with E-state index in [-0.39, 0.29) is 6.04 Å². The predicted molar refractivity (Wildman–Crippen MR) is 76.2 cm³/mol. The topological polar surface area (TPSA) is 105 Å². The molecule has 1 atom stereocenters. The first kappa shape index (κ1) is 14.3. The van der Waals surface area contributed by atoms with Gasteiger partial charge in [0.05, 0.1) is 6.10 Å². The lowest BCUT2D eigenvalue weighted by molar-refractivity contribution is 0.208. The third-order valence-corrected chi connectivity index (χ3v) is 3.02. The van der Waals surface area contributed by atoms with E-state index in [0.29, 0.717) is 23.7 Å². The highest BCUT2D eigenvalue weighted by molar-refractivity contribution is 5.74. The predicted octanol–water partition coefficient (Wildman–Crippen LogP) is -0.203. The molecule has 0 saturated heterocycles. The van der Waals surface area contributed by atoms with Crippen molar-refractivity contribution in [3.05, 3.63) is 20.8 Å². The van der Waals surface area contributed by atoms with E-state index in [9.17, 15) is 14.7 Å². The Hall–Kier alpha value is -2.09. The number of imidazole rings is 1. The van der Waals surface area contributed by atoms with Crippen molar-refractivity contribution in [2.75, 3.05) is 11.9 Å². The average Bonchev–Trinajstić information content (AvgIpc) is 2.73. The van der Waals surface area contributed by atoms with E-state index in [2.05, 4.69) is 15.3 Å². The number of rotatable bonds is 4. The highest BCUT2D eigenvalue weighted by Crippen LogP contribution is 2.20. The zero-order chi connectivity index (χ0) is 15.0. The second kappa shape index (κ2) is 5.12. The molecule has 0 radical (unpaired) electrons. The highest BCUT2D eigenvalue weighted by Gasteiger charge is 2.19. The Morgan fingerprint density at radius 1 is 1.35 bits per heavy atom. The lowest BCUT2D eigenvalue weighted by Gasteiger charge is -2.14. The molecule has 2 aromatic rings. The maximum atomic E-state index is 12.0. The van der Waals surface area contributed by atoms with Crippen molar-refractivity contribution in [3.63, 3.8) is 0 Å². The van der Waals surface area contributed by atoms with Crippen molar-refractivity contribution < 1.29 is 5.11 Å². The molecule has 2 rings (SSSR count). The van der Waals surface area contributed by atoms with Gasteiger partial charge in [0, 0.05) is 19.6 Å². The molecule has 2 aromatic heterocycles. The van der Waals surface area contributed by atoms with Gasteiger partial charge < -0.3 is 15.0 Å². The number of aliphatic hydroxyl groups excluding tert-OH is 1. The number of fused-ring (bicyclic) bond motifs is 1. The molecule has 0 spiro atoms. The molecule has 0 amide bonds. The molecule has 0 aliphatic carbocycles. The maximum Gasteiger partial charge on any atom is 0.329 e. The molecule has 0 aliphatic heterocycles. The first-order chi connectivity index (χ1) is 9.32. The van der Waals surface area contributed by atoms with Crippen molar-refractivity contribution in [2.24, 2.45) is 7.05 Å². The summed E-state index contributed by atoms with van der Waals surface area (Å²) in [7, 11) is 1.55. The van der Waals surface area contributed by atoms with Gasteiger partial charge in [-0.25, -0.2) is 4.79 Å². The van der Waals surface area contributed by atoms with Crippen LogP contribution in [0.5, 0.6) is 0 Å². The molecule has 1 unspecified atom stereocenters. The minimum Gasteiger partial charge on any atom is -0.392 e. The first-order valence-corrected chi connectivity index (χ1v) is 6.46. The third kappa shape index (κ3) is 2.34. The molecule has 0 bridgehead atoms. The van der Waals surface area contributed by atoms with Crippen LogP contribution in [0.1, 0.15) is 26.8 Å².